The highest BCUT2D eigenvalue weighted by Crippen LogP contribution is 2.13. The molecule has 1 atom stereocenters. The number of methoxy groups -OCH3 is 1. The van der Waals surface area contributed by atoms with E-state index in [0.717, 1.165) is 12.2 Å². The summed E-state index contributed by atoms with van der Waals surface area (Å²) in [5, 5.41) is 0. The van der Waals surface area contributed by atoms with Crippen molar-refractivity contribution in [3.05, 3.63) is 29.8 Å². The van der Waals surface area contributed by atoms with E-state index in [4.69, 9.17) is 9.57 Å². The topological polar surface area (TPSA) is 30.5 Å². The van der Waals surface area contributed by atoms with Crippen molar-refractivity contribution in [2.75, 3.05) is 14.2 Å². The van der Waals surface area contributed by atoms with Crippen LogP contribution in [0.1, 0.15) is 12.5 Å². The third kappa shape index (κ3) is 3.36. The fraction of sp³-hybridized carbons (Fsp3) is 0.455. The van der Waals surface area contributed by atoms with Crippen LogP contribution in [0.2, 0.25) is 0 Å². The second-order valence-electron chi connectivity index (χ2n) is 3.28. The predicted molar refractivity (Wildman–Crippen MR) is 56.3 cm³/mol. The molecule has 3 heteroatoms. The summed E-state index contributed by atoms with van der Waals surface area (Å²) in [5.74, 6) is 0.895. The van der Waals surface area contributed by atoms with Crippen molar-refractivity contribution in [2.45, 2.75) is 19.4 Å². The molecule has 0 saturated carbocycles. The SMILES string of the molecule is CONC(C)Cc1cccc(OC)c1. The molecule has 0 aromatic heterocycles. The lowest BCUT2D eigenvalue weighted by molar-refractivity contribution is 0.0661. The Morgan fingerprint density at radius 3 is 2.79 bits per heavy atom. The van der Waals surface area contributed by atoms with Crippen molar-refractivity contribution in [3.63, 3.8) is 0 Å². The van der Waals surface area contributed by atoms with Gasteiger partial charge in [-0.25, -0.2) is 0 Å². The first-order valence-corrected chi connectivity index (χ1v) is 4.67. The minimum atomic E-state index is 0.298. The van der Waals surface area contributed by atoms with Gasteiger partial charge in [0.1, 0.15) is 5.75 Å². The average Bonchev–Trinajstić information content (AvgIpc) is 2.18. The Labute approximate surface area is 85.0 Å². The van der Waals surface area contributed by atoms with Crippen molar-refractivity contribution in [1.82, 2.24) is 5.48 Å². The fourth-order valence-electron chi connectivity index (χ4n) is 1.40. The highest BCUT2D eigenvalue weighted by atomic mass is 16.6. The lowest BCUT2D eigenvalue weighted by atomic mass is 10.1. The summed E-state index contributed by atoms with van der Waals surface area (Å²) in [4.78, 5) is 4.85. The molecule has 0 heterocycles. The minimum absolute atomic E-state index is 0.298. The second kappa shape index (κ2) is 5.62. The van der Waals surface area contributed by atoms with Crippen molar-refractivity contribution in [1.29, 1.82) is 0 Å². The van der Waals surface area contributed by atoms with Gasteiger partial charge in [-0.3, -0.25) is 0 Å². The van der Waals surface area contributed by atoms with E-state index in [1.54, 1.807) is 14.2 Å². The van der Waals surface area contributed by atoms with Crippen LogP contribution in [0, 0.1) is 0 Å². The van der Waals surface area contributed by atoms with Crippen LogP contribution in [-0.4, -0.2) is 20.3 Å². The van der Waals surface area contributed by atoms with Gasteiger partial charge in [0.15, 0.2) is 0 Å². The van der Waals surface area contributed by atoms with E-state index in [1.165, 1.54) is 5.56 Å². The van der Waals surface area contributed by atoms with E-state index >= 15 is 0 Å². The molecule has 0 bridgehead atoms. The molecule has 0 amide bonds. The van der Waals surface area contributed by atoms with Gasteiger partial charge in [0, 0.05) is 6.04 Å². The summed E-state index contributed by atoms with van der Waals surface area (Å²) in [6.07, 6.45) is 0.922. The number of hydrogen-bond acceptors (Lipinski definition) is 3. The molecule has 0 spiro atoms. The molecule has 14 heavy (non-hydrogen) atoms. The maximum atomic E-state index is 5.14. The molecule has 0 fully saturated rings. The van der Waals surface area contributed by atoms with Crippen LogP contribution in [-0.2, 0) is 11.3 Å². The fourth-order valence-corrected chi connectivity index (χ4v) is 1.40. The maximum Gasteiger partial charge on any atom is 0.119 e. The summed E-state index contributed by atoms with van der Waals surface area (Å²) in [6.45, 7) is 2.07. The van der Waals surface area contributed by atoms with Crippen LogP contribution in [0.5, 0.6) is 5.75 Å². The summed E-state index contributed by atoms with van der Waals surface area (Å²) in [6, 6.07) is 8.35. The van der Waals surface area contributed by atoms with Gasteiger partial charge >= 0.3 is 0 Å². The van der Waals surface area contributed by atoms with Crippen LogP contribution >= 0.6 is 0 Å². The number of rotatable bonds is 5. The first kappa shape index (κ1) is 11.0. The largest absolute Gasteiger partial charge is 0.497 e. The first-order chi connectivity index (χ1) is 6.76. The molecular weight excluding hydrogens is 178 g/mol. The van der Waals surface area contributed by atoms with Gasteiger partial charge in [-0.2, -0.15) is 5.48 Å². The molecule has 0 aliphatic carbocycles. The van der Waals surface area contributed by atoms with Gasteiger partial charge in [-0.1, -0.05) is 12.1 Å². The van der Waals surface area contributed by atoms with Gasteiger partial charge in [0.2, 0.25) is 0 Å². The molecule has 0 aliphatic heterocycles. The van der Waals surface area contributed by atoms with Crippen molar-refractivity contribution < 1.29 is 9.57 Å². The van der Waals surface area contributed by atoms with E-state index in [1.807, 2.05) is 18.2 Å². The Hall–Kier alpha value is -1.06. The number of nitrogens with one attached hydrogen (secondary N) is 1. The Morgan fingerprint density at radius 2 is 2.14 bits per heavy atom. The number of hydroxylamine groups is 1. The van der Waals surface area contributed by atoms with Gasteiger partial charge in [-0.05, 0) is 31.0 Å². The van der Waals surface area contributed by atoms with Gasteiger partial charge < -0.3 is 9.57 Å². The standard InChI is InChI=1S/C11H17NO2/c1-9(12-14-3)7-10-5-4-6-11(8-10)13-2/h4-6,8-9,12H,7H2,1-3H3. The van der Waals surface area contributed by atoms with Crippen LogP contribution < -0.4 is 10.2 Å². The molecule has 0 aliphatic rings. The molecule has 3 nitrogen and oxygen atoms in total. The maximum absolute atomic E-state index is 5.14. The Balaban J connectivity index is 2.57. The molecule has 1 aromatic carbocycles. The minimum Gasteiger partial charge on any atom is -0.497 e. The van der Waals surface area contributed by atoms with Gasteiger partial charge in [-0.15, -0.1) is 0 Å². The van der Waals surface area contributed by atoms with E-state index in [0.29, 0.717) is 6.04 Å². The summed E-state index contributed by atoms with van der Waals surface area (Å²) >= 11 is 0. The molecule has 0 radical (unpaired) electrons. The van der Waals surface area contributed by atoms with Crippen molar-refractivity contribution in [2.24, 2.45) is 0 Å². The Morgan fingerprint density at radius 1 is 1.36 bits per heavy atom. The van der Waals surface area contributed by atoms with E-state index in [-0.39, 0.29) is 0 Å². The van der Waals surface area contributed by atoms with E-state index < -0.39 is 0 Å². The summed E-state index contributed by atoms with van der Waals surface area (Å²) in [7, 11) is 3.30. The lowest BCUT2D eigenvalue weighted by Crippen LogP contribution is -2.26. The zero-order valence-electron chi connectivity index (χ0n) is 8.91. The highest BCUT2D eigenvalue weighted by molar-refractivity contribution is 5.28. The summed E-state index contributed by atoms with van der Waals surface area (Å²) < 4.78 is 5.14. The molecule has 1 aromatic rings. The molecular formula is C11H17NO2. The highest BCUT2D eigenvalue weighted by Gasteiger charge is 2.02. The predicted octanol–water partition coefficient (Wildman–Crippen LogP) is 1.78. The van der Waals surface area contributed by atoms with Crippen molar-refractivity contribution in [3.8, 4) is 5.75 Å². The van der Waals surface area contributed by atoms with E-state index in [2.05, 4.69) is 18.5 Å². The van der Waals surface area contributed by atoms with E-state index in [9.17, 15) is 0 Å². The summed E-state index contributed by atoms with van der Waals surface area (Å²) in [5.41, 5.74) is 4.13. The third-order valence-electron chi connectivity index (χ3n) is 2.00. The number of ether oxygens (including phenoxy) is 1. The number of hydrogen-bond donors (Lipinski definition) is 1. The van der Waals surface area contributed by atoms with Crippen LogP contribution in [0.4, 0.5) is 0 Å². The van der Waals surface area contributed by atoms with Crippen LogP contribution in [0.25, 0.3) is 0 Å². The molecule has 0 saturated heterocycles. The smallest absolute Gasteiger partial charge is 0.119 e. The third-order valence-corrected chi connectivity index (χ3v) is 2.00. The molecule has 1 unspecified atom stereocenters. The van der Waals surface area contributed by atoms with Crippen LogP contribution in [0.15, 0.2) is 24.3 Å². The first-order valence-electron chi connectivity index (χ1n) is 4.67. The van der Waals surface area contributed by atoms with Gasteiger partial charge in [0.25, 0.3) is 0 Å². The Kier molecular flexibility index (Phi) is 4.43. The number of benzene rings is 1. The second-order valence-corrected chi connectivity index (χ2v) is 3.28. The molecule has 1 N–H and O–H groups in total. The average molecular weight is 195 g/mol. The zero-order chi connectivity index (χ0) is 10.4. The van der Waals surface area contributed by atoms with Crippen LogP contribution in [0.3, 0.4) is 0 Å². The monoisotopic (exact) mass is 195 g/mol. The van der Waals surface area contributed by atoms with Gasteiger partial charge in [0.05, 0.1) is 14.2 Å². The normalized spacial score (nSPS) is 12.5. The van der Waals surface area contributed by atoms with Crippen molar-refractivity contribution >= 4 is 0 Å². The molecule has 78 valence electrons. The Bertz CT molecular complexity index is 276. The molecule has 1 rings (SSSR count). The quantitative estimate of drug-likeness (QED) is 0.726. The lowest BCUT2D eigenvalue weighted by Gasteiger charge is -2.12. The zero-order valence-corrected chi connectivity index (χ0v) is 8.91.